The molecule has 102 valence electrons. The maximum Gasteiger partial charge on any atom is 0.226 e. The smallest absolute Gasteiger partial charge is 0.226 e. The van der Waals surface area contributed by atoms with Crippen molar-refractivity contribution in [2.24, 2.45) is 0 Å². The molecule has 0 aliphatic carbocycles. The molecule has 2 aromatic rings. The molecular formula is C15H20N2O2. The number of hydrogen-bond acceptors (Lipinski definition) is 4. The van der Waals surface area contributed by atoms with Gasteiger partial charge in [-0.1, -0.05) is 25.1 Å². The number of benzene rings is 1. The van der Waals surface area contributed by atoms with Crippen LogP contribution in [0.25, 0.3) is 11.5 Å². The predicted molar refractivity (Wildman–Crippen MR) is 74.9 cm³/mol. The quantitative estimate of drug-likeness (QED) is 0.777. The second kappa shape index (κ2) is 7.07. The fraction of sp³-hybridized carbons (Fsp3) is 0.400. The Morgan fingerprint density at radius 3 is 2.95 bits per heavy atom. The molecule has 0 aliphatic heterocycles. The zero-order valence-corrected chi connectivity index (χ0v) is 11.5. The lowest BCUT2D eigenvalue weighted by Crippen LogP contribution is -2.18. The van der Waals surface area contributed by atoms with Crippen LogP contribution in [0.5, 0.6) is 0 Å². The van der Waals surface area contributed by atoms with Gasteiger partial charge in [-0.15, -0.1) is 0 Å². The molecule has 4 nitrogen and oxygen atoms in total. The minimum Gasteiger partial charge on any atom is -0.444 e. The highest BCUT2D eigenvalue weighted by Gasteiger charge is 2.09. The SMILES string of the molecule is CCc1ccccc1-c1nc(CNCCOC)co1. The number of methoxy groups -OCH3 is 1. The summed E-state index contributed by atoms with van der Waals surface area (Å²) in [4.78, 5) is 4.52. The topological polar surface area (TPSA) is 47.3 Å². The van der Waals surface area contributed by atoms with Gasteiger partial charge in [0.05, 0.1) is 12.3 Å². The lowest BCUT2D eigenvalue weighted by atomic mass is 10.1. The van der Waals surface area contributed by atoms with Gasteiger partial charge in [0.25, 0.3) is 0 Å². The Labute approximate surface area is 113 Å². The monoisotopic (exact) mass is 260 g/mol. The summed E-state index contributed by atoms with van der Waals surface area (Å²) in [6.45, 7) is 4.34. The van der Waals surface area contributed by atoms with Crippen LogP contribution in [0.2, 0.25) is 0 Å². The second-order valence-electron chi connectivity index (χ2n) is 4.32. The minimum atomic E-state index is 0.695. The van der Waals surface area contributed by atoms with Crippen LogP contribution >= 0.6 is 0 Å². The highest BCUT2D eigenvalue weighted by Crippen LogP contribution is 2.23. The number of hydrogen-bond donors (Lipinski definition) is 1. The molecule has 2 rings (SSSR count). The van der Waals surface area contributed by atoms with Gasteiger partial charge in [0, 0.05) is 25.8 Å². The van der Waals surface area contributed by atoms with Gasteiger partial charge in [-0.05, 0) is 18.1 Å². The van der Waals surface area contributed by atoms with Crippen molar-refractivity contribution in [1.82, 2.24) is 10.3 Å². The van der Waals surface area contributed by atoms with E-state index in [1.165, 1.54) is 5.56 Å². The summed E-state index contributed by atoms with van der Waals surface area (Å²) in [5.74, 6) is 0.695. The summed E-state index contributed by atoms with van der Waals surface area (Å²) >= 11 is 0. The van der Waals surface area contributed by atoms with Crippen LogP contribution in [-0.2, 0) is 17.7 Å². The first-order chi connectivity index (χ1) is 9.35. The maximum atomic E-state index is 5.57. The van der Waals surface area contributed by atoms with Gasteiger partial charge in [-0.25, -0.2) is 4.98 Å². The summed E-state index contributed by atoms with van der Waals surface area (Å²) < 4.78 is 10.5. The third-order valence-electron chi connectivity index (χ3n) is 2.97. The molecule has 0 fully saturated rings. The molecule has 0 saturated heterocycles. The van der Waals surface area contributed by atoms with E-state index in [9.17, 15) is 0 Å². The van der Waals surface area contributed by atoms with Crippen molar-refractivity contribution in [2.45, 2.75) is 19.9 Å². The molecule has 0 aliphatic rings. The van der Waals surface area contributed by atoms with Crippen molar-refractivity contribution in [3.63, 3.8) is 0 Å². The fourth-order valence-corrected chi connectivity index (χ4v) is 1.94. The zero-order valence-electron chi connectivity index (χ0n) is 11.5. The number of nitrogens with one attached hydrogen (secondary N) is 1. The fourth-order valence-electron chi connectivity index (χ4n) is 1.94. The Kier molecular flexibility index (Phi) is 5.12. The first-order valence-electron chi connectivity index (χ1n) is 6.57. The Bertz CT molecular complexity index is 508. The number of aryl methyl sites for hydroxylation is 1. The normalized spacial score (nSPS) is 10.8. The molecule has 0 saturated carbocycles. The molecule has 0 spiro atoms. The van der Waals surface area contributed by atoms with Gasteiger partial charge in [0.2, 0.25) is 5.89 Å². The summed E-state index contributed by atoms with van der Waals surface area (Å²) in [6, 6.07) is 8.20. The van der Waals surface area contributed by atoms with Crippen LogP contribution in [0.4, 0.5) is 0 Å². The Balaban J connectivity index is 2.04. The van der Waals surface area contributed by atoms with Crippen LogP contribution in [-0.4, -0.2) is 25.2 Å². The van der Waals surface area contributed by atoms with Crippen molar-refractivity contribution in [3.05, 3.63) is 41.8 Å². The van der Waals surface area contributed by atoms with E-state index >= 15 is 0 Å². The lowest BCUT2D eigenvalue weighted by Gasteiger charge is -2.02. The van der Waals surface area contributed by atoms with Gasteiger partial charge in [0.1, 0.15) is 6.26 Å². The van der Waals surface area contributed by atoms with E-state index in [0.717, 1.165) is 24.2 Å². The van der Waals surface area contributed by atoms with Gasteiger partial charge in [-0.2, -0.15) is 0 Å². The second-order valence-corrected chi connectivity index (χ2v) is 4.32. The summed E-state index contributed by atoms with van der Waals surface area (Å²) in [5, 5.41) is 3.25. The molecule has 1 heterocycles. The van der Waals surface area contributed by atoms with Gasteiger partial charge >= 0.3 is 0 Å². The number of rotatable bonds is 7. The van der Waals surface area contributed by atoms with E-state index in [0.29, 0.717) is 19.0 Å². The van der Waals surface area contributed by atoms with Crippen LogP contribution in [0.3, 0.4) is 0 Å². The van der Waals surface area contributed by atoms with E-state index < -0.39 is 0 Å². The maximum absolute atomic E-state index is 5.57. The van der Waals surface area contributed by atoms with Crippen molar-refractivity contribution in [1.29, 1.82) is 0 Å². The van der Waals surface area contributed by atoms with E-state index in [-0.39, 0.29) is 0 Å². The van der Waals surface area contributed by atoms with Crippen LogP contribution < -0.4 is 5.32 Å². The van der Waals surface area contributed by atoms with Crippen LogP contribution in [0.1, 0.15) is 18.2 Å². The minimum absolute atomic E-state index is 0.695. The highest BCUT2D eigenvalue weighted by molar-refractivity contribution is 5.58. The molecule has 0 radical (unpaired) electrons. The van der Waals surface area contributed by atoms with E-state index in [2.05, 4.69) is 23.3 Å². The molecule has 0 amide bonds. The van der Waals surface area contributed by atoms with Crippen molar-refractivity contribution >= 4 is 0 Å². The molecule has 0 unspecified atom stereocenters. The highest BCUT2D eigenvalue weighted by atomic mass is 16.5. The molecule has 1 N–H and O–H groups in total. The van der Waals surface area contributed by atoms with Gasteiger partial charge in [-0.3, -0.25) is 0 Å². The third kappa shape index (κ3) is 3.66. The predicted octanol–water partition coefficient (Wildman–Crippen LogP) is 2.64. The van der Waals surface area contributed by atoms with Crippen molar-refractivity contribution in [2.75, 3.05) is 20.3 Å². The Morgan fingerprint density at radius 1 is 1.32 bits per heavy atom. The zero-order chi connectivity index (χ0) is 13.5. The molecule has 4 heteroatoms. The van der Waals surface area contributed by atoms with Gasteiger partial charge < -0.3 is 14.5 Å². The average Bonchev–Trinajstić information content (AvgIpc) is 2.92. The average molecular weight is 260 g/mol. The number of aromatic nitrogens is 1. The summed E-state index contributed by atoms with van der Waals surface area (Å²) in [7, 11) is 1.69. The molecule has 1 aromatic heterocycles. The molecule has 0 atom stereocenters. The lowest BCUT2D eigenvalue weighted by molar-refractivity contribution is 0.199. The van der Waals surface area contributed by atoms with Gasteiger partial charge in [0.15, 0.2) is 0 Å². The van der Waals surface area contributed by atoms with E-state index in [1.54, 1.807) is 13.4 Å². The first kappa shape index (κ1) is 13.8. The standard InChI is InChI=1S/C15H20N2O2/c1-3-12-6-4-5-7-14(12)15-17-13(11-19-15)10-16-8-9-18-2/h4-7,11,16H,3,8-10H2,1-2H3. The first-order valence-corrected chi connectivity index (χ1v) is 6.57. The molecule has 19 heavy (non-hydrogen) atoms. The molecular weight excluding hydrogens is 240 g/mol. The number of oxazole rings is 1. The van der Waals surface area contributed by atoms with Crippen LogP contribution in [0, 0.1) is 0 Å². The Morgan fingerprint density at radius 2 is 2.16 bits per heavy atom. The number of nitrogens with zero attached hydrogens (tertiary/aromatic N) is 1. The van der Waals surface area contributed by atoms with Crippen molar-refractivity contribution in [3.8, 4) is 11.5 Å². The summed E-state index contributed by atoms with van der Waals surface area (Å²) in [6.07, 6.45) is 2.68. The largest absolute Gasteiger partial charge is 0.444 e. The Hall–Kier alpha value is -1.65. The van der Waals surface area contributed by atoms with Crippen molar-refractivity contribution < 1.29 is 9.15 Å². The van der Waals surface area contributed by atoms with E-state index in [4.69, 9.17) is 9.15 Å². The molecule has 0 bridgehead atoms. The van der Waals surface area contributed by atoms with Crippen LogP contribution in [0.15, 0.2) is 34.9 Å². The summed E-state index contributed by atoms with van der Waals surface area (Å²) in [5.41, 5.74) is 3.24. The van der Waals surface area contributed by atoms with E-state index in [1.807, 2.05) is 18.2 Å². The number of ether oxygens (including phenoxy) is 1. The third-order valence-corrected chi connectivity index (χ3v) is 2.97. The molecule has 1 aromatic carbocycles.